The van der Waals surface area contributed by atoms with E-state index in [4.69, 9.17) is 23.2 Å². The smallest absolute Gasteiger partial charge is 0.152 e. The Balaban J connectivity index is 2.16. The fraction of sp³-hybridized carbons (Fsp3) is 0. The van der Waals surface area contributed by atoms with Gasteiger partial charge in [0.1, 0.15) is 10.7 Å². The van der Waals surface area contributed by atoms with Gasteiger partial charge in [-0.05, 0) is 12.1 Å². The molecule has 3 rings (SSSR count). The van der Waals surface area contributed by atoms with E-state index in [0.717, 1.165) is 11.3 Å². The number of para-hydroxylation sites is 1. The molecule has 0 N–H and O–H groups in total. The highest BCUT2D eigenvalue weighted by Gasteiger charge is 2.16. The molecule has 0 aliphatic rings. The number of hydrogen-bond donors (Lipinski definition) is 0. The van der Waals surface area contributed by atoms with E-state index in [1.54, 1.807) is 4.68 Å². The van der Waals surface area contributed by atoms with Crippen LogP contribution in [0, 0.1) is 0 Å². The maximum Gasteiger partial charge on any atom is 0.152 e. The second kappa shape index (κ2) is 5.08. The average molecular weight is 289 g/mol. The van der Waals surface area contributed by atoms with Crippen molar-refractivity contribution in [3.63, 3.8) is 0 Å². The van der Waals surface area contributed by atoms with Crippen molar-refractivity contribution in [1.82, 2.24) is 9.78 Å². The normalized spacial score (nSPS) is 10.6. The Morgan fingerprint density at radius 2 is 1.37 bits per heavy atom. The van der Waals surface area contributed by atoms with Crippen molar-refractivity contribution in [2.24, 2.45) is 0 Å². The fourth-order valence-corrected chi connectivity index (χ4v) is 2.35. The van der Waals surface area contributed by atoms with Gasteiger partial charge in [-0.1, -0.05) is 71.7 Å². The molecule has 3 aromatic rings. The number of halogens is 2. The van der Waals surface area contributed by atoms with Crippen molar-refractivity contribution < 1.29 is 0 Å². The summed E-state index contributed by atoms with van der Waals surface area (Å²) in [6, 6.07) is 19.4. The summed E-state index contributed by atoms with van der Waals surface area (Å²) >= 11 is 12.5. The van der Waals surface area contributed by atoms with Gasteiger partial charge in [-0.2, -0.15) is 5.10 Å². The Labute approximate surface area is 121 Å². The van der Waals surface area contributed by atoms with Crippen LogP contribution in [0.4, 0.5) is 0 Å². The SMILES string of the molecule is Clc1c(-c2ccccc2)nn(-c2ccccc2)c1Cl. The summed E-state index contributed by atoms with van der Waals surface area (Å²) < 4.78 is 1.65. The predicted octanol–water partition coefficient (Wildman–Crippen LogP) is 4.85. The van der Waals surface area contributed by atoms with E-state index in [9.17, 15) is 0 Å². The lowest BCUT2D eigenvalue weighted by Gasteiger charge is -2.01. The van der Waals surface area contributed by atoms with Gasteiger partial charge in [0.15, 0.2) is 5.15 Å². The largest absolute Gasteiger partial charge is 0.220 e. The average Bonchev–Trinajstić information content (AvgIpc) is 2.77. The number of aromatic nitrogens is 2. The van der Waals surface area contributed by atoms with E-state index < -0.39 is 0 Å². The molecule has 4 heteroatoms. The molecule has 0 fully saturated rings. The summed E-state index contributed by atoms with van der Waals surface area (Å²) in [4.78, 5) is 0. The lowest BCUT2D eigenvalue weighted by atomic mass is 10.2. The highest BCUT2D eigenvalue weighted by Crippen LogP contribution is 2.34. The van der Waals surface area contributed by atoms with Crippen molar-refractivity contribution in [3.8, 4) is 16.9 Å². The van der Waals surface area contributed by atoms with Crippen LogP contribution < -0.4 is 0 Å². The van der Waals surface area contributed by atoms with E-state index in [-0.39, 0.29) is 0 Å². The summed E-state index contributed by atoms with van der Waals surface area (Å²) in [5, 5.41) is 5.39. The van der Waals surface area contributed by atoms with E-state index in [2.05, 4.69) is 5.10 Å². The van der Waals surface area contributed by atoms with Crippen LogP contribution in [0.3, 0.4) is 0 Å². The van der Waals surface area contributed by atoms with Gasteiger partial charge in [0.25, 0.3) is 0 Å². The molecule has 0 saturated carbocycles. The van der Waals surface area contributed by atoms with Gasteiger partial charge in [-0.15, -0.1) is 0 Å². The zero-order valence-electron chi connectivity index (χ0n) is 9.92. The van der Waals surface area contributed by atoms with E-state index in [1.165, 1.54) is 0 Å². The zero-order chi connectivity index (χ0) is 13.2. The van der Waals surface area contributed by atoms with Gasteiger partial charge in [0.2, 0.25) is 0 Å². The molecular weight excluding hydrogens is 279 g/mol. The maximum absolute atomic E-state index is 6.28. The molecule has 0 bridgehead atoms. The first-order valence-electron chi connectivity index (χ1n) is 5.82. The first kappa shape index (κ1) is 12.3. The molecule has 0 spiro atoms. The maximum atomic E-state index is 6.28. The van der Waals surface area contributed by atoms with Crippen LogP contribution in [0.15, 0.2) is 60.7 Å². The number of rotatable bonds is 2. The topological polar surface area (TPSA) is 17.8 Å². The third-order valence-electron chi connectivity index (χ3n) is 2.82. The van der Waals surface area contributed by atoms with Crippen LogP contribution in [-0.2, 0) is 0 Å². The quantitative estimate of drug-likeness (QED) is 0.659. The molecule has 2 nitrogen and oxygen atoms in total. The molecule has 19 heavy (non-hydrogen) atoms. The van der Waals surface area contributed by atoms with Crippen molar-refractivity contribution >= 4 is 23.2 Å². The van der Waals surface area contributed by atoms with Crippen LogP contribution >= 0.6 is 23.2 Å². The standard InChI is InChI=1S/C15H10Cl2N2/c16-13-14(11-7-3-1-4-8-11)18-19(15(13)17)12-9-5-2-6-10-12/h1-10H. The van der Waals surface area contributed by atoms with Crippen molar-refractivity contribution in [3.05, 3.63) is 70.8 Å². The molecule has 0 atom stereocenters. The highest BCUT2D eigenvalue weighted by molar-refractivity contribution is 6.43. The molecule has 0 amide bonds. The molecule has 0 saturated heterocycles. The van der Waals surface area contributed by atoms with Crippen molar-refractivity contribution in [2.75, 3.05) is 0 Å². The molecule has 0 aliphatic carbocycles. The molecule has 0 aliphatic heterocycles. The third-order valence-corrected chi connectivity index (χ3v) is 3.63. The van der Waals surface area contributed by atoms with E-state index in [0.29, 0.717) is 15.9 Å². The molecule has 2 aromatic carbocycles. The van der Waals surface area contributed by atoms with Crippen LogP contribution in [0.25, 0.3) is 16.9 Å². The summed E-state index contributed by atoms with van der Waals surface area (Å²) in [6.45, 7) is 0. The second-order valence-corrected chi connectivity index (χ2v) is 4.80. The summed E-state index contributed by atoms with van der Waals surface area (Å²) in [7, 11) is 0. The lowest BCUT2D eigenvalue weighted by Crippen LogP contribution is -1.95. The van der Waals surface area contributed by atoms with Crippen LogP contribution in [0.1, 0.15) is 0 Å². The minimum absolute atomic E-state index is 0.423. The van der Waals surface area contributed by atoms with Crippen LogP contribution in [-0.4, -0.2) is 9.78 Å². The summed E-state index contributed by atoms with van der Waals surface area (Å²) in [5.41, 5.74) is 2.52. The molecule has 1 aromatic heterocycles. The summed E-state index contributed by atoms with van der Waals surface area (Å²) in [6.07, 6.45) is 0. The monoisotopic (exact) mass is 288 g/mol. The Hall–Kier alpha value is -1.77. The Kier molecular flexibility index (Phi) is 3.28. The van der Waals surface area contributed by atoms with Gasteiger partial charge >= 0.3 is 0 Å². The van der Waals surface area contributed by atoms with Crippen molar-refractivity contribution in [2.45, 2.75) is 0 Å². The molecule has 1 heterocycles. The van der Waals surface area contributed by atoms with Crippen molar-refractivity contribution in [1.29, 1.82) is 0 Å². The predicted molar refractivity (Wildman–Crippen MR) is 79.0 cm³/mol. The number of hydrogen-bond acceptors (Lipinski definition) is 1. The van der Waals surface area contributed by atoms with Crippen LogP contribution in [0.5, 0.6) is 0 Å². The minimum atomic E-state index is 0.423. The van der Waals surface area contributed by atoms with E-state index in [1.807, 2.05) is 60.7 Å². The van der Waals surface area contributed by atoms with Crippen LogP contribution in [0.2, 0.25) is 10.2 Å². The Bertz CT molecular complexity index is 631. The summed E-state index contributed by atoms with van der Waals surface area (Å²) in [5.74, 6) is 0. The molecular formula is C15H10Cl2N2. The molecule has 0 radical (unpaired) electrons. The minimum Gasteiger partial charge on any atom is -0.220 e. The molecule has 0 unspecified atom stereocenters. The first-order chi connectivity index (χ1) is 9.27. The Morgan fingerprint density at radius 1 is 0.789 bits per heavy atom. The molecule has 94 valence electrons. The fourth-order valence-electron chi connectivity index (χ4n) is 1.90. The first-order valence-corrected chi connectivity index (χ1v) is 6.58. The lowest BCUT2D eigenvalue weighted by molar-refractivity contribution is 0.885. The van der Waals surface area contributed by atoms with Gasteiger partial charge in [0, 0.05) is 5.56 Å². The number of benzene rings is 2. The van der Waals surface area contributed by atoms with Gasteiger partial charge in [-0.25, -0.2) is 4.68 Å². The zero-order valence-corrected chi connectivity index (χ0v) is 11.4. The van der Waals surface area contributed by atoms with Gasteiger partial charge in [0.05, 0.1) is 5.69 Å². The van der Waals surface area contributed by atoms with E-state index >= 15 is 0 Å². The number of nitrogens with zero attached hydrogens (tertiary/aromatic N) is 2. The third kappa shape index (κ3) is 2.25. The van der Waals surface area contributed by atoms with Gasteiger partial charge in [-0.3, -0.25) is 0 Å². The van der Waals surface area contributed by atoms with Gasteiger partial charge < -0.3 is 0 Å². The highest BCUT2D eigenvalue weighted by atomic mass is 35.5. The second-order valence-electron chi connectivity index (χ2n) is 4.07. The Morgan fingerprint density at radius 3 is 2.00 bits per heavy atom.